The average Bonchev–Trinajstić information content (AvgIpc) is 3.09. The molecular formula is C13H17N6+. The third kappa shape index (κ3) is 2.62. The van der Waals surface area contributed by atoms with Crippen molar-refractivity contribution in [3.05, 3.63) is 30.6 Å². The molecule has 1 saturated heterocycles. The van der Waals surface area contributed by atoms with Crippen molar-refractivity contribution in [2.75, 3.05) is 18.0 Å². The number of nitrogens with one attached hydrogen (secondary N) is 1. The lowest BCUT2D eigenvalue weighted by atomic mass is 10.2. The molecule has 1 aliphatic rings. The molecule has 6 nitrogen and oxygen atoms in total. The minimum Gasteiger partial charge on any atom is -0.372 e. The van der Waals surface area contributed by atoms with Gasteiger partial charge in [-0.25, -0.2) is 4.57 Å². The van der Waals surface area contributed by atoms with Crippen LogP contribution < -0.4 is 9.47 Å². The fraction of sp³-hybridized carbons (Fsp3) is 0.385. The van der Waals surface area contributed by atoms with Gasteiger partial charge in [-0.15, -0.1) is 5.10 Å². The number of hydrogen-bond acceptors (Lipinski definition) is 4. The zero-order valence-electron chi connectivity index (χ0n) is 11.0. The number of azo groups is 1. The molecular weight excluding hydrogens is 240 g/mol. The summed E-state index contributed by atoms with van der Waals surface area (Å²) in [5.74, 6) is 0.628. The highest BCUT2D eigenvalue weighted by Gasteiger charge is 2.11. The number of aryl methyl sites for hydroxylation is 1. The maximum Gasteiger partial charge on any atom is 0.401 e. The second kappa shape index (κ2) is 5.17. The molecule has 1 aromatic heterocycles. The van der Waals surface area contributed by atoms with Gasteiger partial charge in [0.25, 0.3) is 0 Å². The van der Waals surface area contributed by atoms with Gasteiger partial charge in [0.05, 0.1) is 12.7 Å². The van der Waals surface area contributed by atoms with Crippen LogP contribution >= 0.6 is 0 Å². The molecule has 0 amide bonds. The molecule has 0 atom stereocenters. The first kappa shape index (κ1) is 11.8. The first-order chi connectivity index (χ1) is 9.33. The lowest BCUT2D eigenvalue weighted by molar-refractivity contribution is -0.658. The van der Waals surface area contributed by atoms with Crippen LogP contribution in [0.2, 0.25) is 0 Å². The number of rotatable bonds is 3. The van der Waals surface area contributed by atoms with Gasteiger partial charge in [0.2, 0.25) is 6.33 Å². The van der Waals surface area contributed by atoms with Crippen molar-refractivity contribution < 1.29 is 4.57 Å². The summed E-state index contributed by atoms with van der Waals surface area (Å²) in [5.41, 5.74) is 2.11. The highest BCUT2D eigenvalue weighted by atomic mass is 15.3. The standard InChI is InChI=1S/C13H16N6/c1-18-10-14-16-13(18)17-15-11-4-6-12(7-5-11)19-8-2-3-9-19/h4-7,10H,2-3,8-9H2,1H3/p+1. The van der Waals surface area contributed by atoms with Gasteiger partial charge >= 0.3 is 5.95 Å². The van der Waals surface area contributed by atoms with Gasteiger partial charge in [-0.2, -0.15) is 0 Å². The second-order valence-electron chi connectivity index (χ2n) is 4.70. The van der Waals surface area contributed by atoms with Gasteiger partial charge in [0.1, 0.15) is 0 Å². The fourth-order valence-corrected chi connectivity index (χ4v) is 2.21. The Morgan fingerprint density at radius 1 is 1.16 bits per heavy atom. The van der Waals surface area contributed by atoms with Gasteiger partial charge in [0.15, 0.2) is 0 Å². The van der Waals surface area contributed by atoms with E-state index >= 15 is 0 Å². The van der Waals surface area contributed by atoms with Gasteiger partial charge < -0.3 is 4.90 Å². The molecule has 98 valence electrons. The summed E-state index contributed by atoms with van der Waals surface area (Å²) >= 11 is 0. The quantitative estimate of drug-likeness (QED) is 0.677. The molecule has 3 rings (SSSR count). The Balaban J connectivity index is 1.72. The largest absolute Gasteiger partial charge is 0.401 e. The van der Waals surface area contributed by atoms with E-state index in [1.165, 1.54) is 18.5 Å². The first-order valence-electron chi connectivity index (χ1n) is 6.49. The number of nitrogens with zero attached hydrogens (tertiary/aromatic N) is 5. The maximum absolute atomic E-state index is 4.19. The van der Waals surface area contributed by atoms with Crippen LogP contribution in [0.25, 0.3) is 0 Å². The summed E-state index contributed by atoms with van der Waals surface area (Å²) in [6.45, 7) is 2.32. The predicted octanol–water partition coefficient (Wildman–Crippen LogP) is 2.25. The Morgan fingerprint density at radius 3 is 2.53 bits per heavy atom. The molecule has 1 N–H and O–H groups in total. The average molecular weight is 257 g/mol. The SMILES string of the molecule is C[n+]1cn[nH]c1N=Nc1ccc(N2CCCC2)cc1. The molecule has 1 fully saturated rings. The third-order valence-electron chi connectivity index (χ3n) is 3.31. The maximum atomic E-state index is 4.19. The molecule has 0 radical (unpaired) electrons. The van der Waals surface area contributed by atoms with E-state index in [0.717, 1.165) is 18.8 Å². The van der Waals surface area contributed by atoms with Crippen LogP contribution in [-0.2, 0) is 7.05 Å². The van der Waals surface area contributed by atoms with E-state index in [1.54, 1.807) is 10.9 Å². The monoisotopic (exact) mass is 257 g/mol. The Bertz CT molecular complexity index is 565. The lowest BCUT2D eigenvalue weighted by Crippen LogP contribution is -2.24. The van der Waals surface area contributed by atoms with Crippen LogP contribution in [0, 0.1) is 0 Å². The van der Waals surface area contributed by atoms with E-state index in [-0.39, 0.29) is 0 Å². The zero-order valence-corrected chi connectivity index (χ0v) is 11.0. The molecule has 19 heavy (non-hydrogen) atoms. The molecule has 2 heterocycles. The molecule has 1 aliphatic heterocycles. The number of hydrogen-bond donors (Lipinski definition) is 1. The molecule has 2 aromatic rings. The van der Waals surface area contributed by atoms with Gasteiger partial charge in [-0.3, -0.25) is 0 Å². The van der Waals surface area contributed by atoms with Crippen molar-refractivity contribution >= 4 is 17.3 Å². The van der Waals surface area contributed by atoms with E-state index in [0.29, 0.717) is 5.95 Å². The number of benzene rings is 1. The van der Waals surface area contributed by atoms with E-state index < -0.39 is 0 Å². The summed E-state index contributed by atoms with van der Waals surface area (Å²) in [4.78, 5) is 2.40. The summed E-state index contributed by atoms with van der Waals surface area (Å²) in [5, 5.41) is 15.0. The molecule has 0 spiro atoms. The number of aromatic amines is 1. The van der Waals surface area contributed by atoms with Gasteiger partial charge in [0, 0.05) is 23.9 Å². The van der Waals surface area contributed by atoms with Crippen molar-refractivity contribution in [2.24, 2.45) is 17.3 Å². The molecule has 0 saturated carbocycles. The van der Waals surface area contributed by atoms with Gasteiger partial charge in [-0.05, 0) is 42.2 Å². The summed E-state index contributed by atoms with van der Waals surface area (Å²) in [7, 11) is 1.87. The van der Waals surface area contributed by atoms with E-state index in [4.69, 9.17) is 0 Å². The molecule has 0 bridgehead atoms. The van der Waals surface area contributed by atoms with E-state index in [1.807, 2.05) is 19.2 Å². The highest BCUT2D eigenvalue weighted by molar-refractivity contribution is 5.53. The lowest BCUT2D eigenvalue weighted by Gasteiger charge is -2.16. The minimum absolute atomic E-state index is 0.628. The van der Waals surface area contributed by atoms with E-state index in [2.05, 4.69) is 37.5 Å². The normalized spacial score (nSPS) is 15.5. The number of aromatic nitrogens is 3. The smallest absolute Gasteiger partial charge is 0.372 e. The molecule has 1 aromatic carbocycles. The zero-order chi connectivity index (χ0) is 13.1. The van der Waals surface area contributed by atoms with Crippen LogP contribution in [0.15, 0.2) is 40.8 Å². The van der Waals surface area contributed by atoms with Crippen molar-refractivity contribution in [1.29, 1.82) is 0 Å². The molecule has 0 aliphatic carbocycles. The second-order valence-corrected chi connectivity index (χ2v) is 4.70. The number of H-pyrrole nitrogens is 1. The topological polar surface area (TPSA) is 60.5 Å². The van der Waals surface area contributed by atoms with Crippen LogP contribution in [0.3, 0.4) is 0 Å². The Hall–Kier alpha value is -2.24. The van der Waals surface area contributed by atoms with Crippen molar-refractivity contribution in [1.82, 2.24) is 10.2 Å². The highest BCUT2D eigenvalue weighted by Crippen LogP contribution is 2.23. The van der Waals surface area contributed by atoms with Gasteiger partial charge in [-0.1, -0.05) is 5.11 Å². The van der Waals surface area contributed by atoms with Crippen molar-refractivity contribution in [2.45, 2.75) is 12.8 Å². The van der Waals surface area contributed by atoms with Crippen LogP contribution in [0.4, 0.5) is 17.3 Å². The van der Waals surface area contributed by atoms with Crippen LogP contribution in [0.5, 0.6) is 0 Å². The molecule has 0 unspecified atom stereocenters. The molecule has 6 heteroatoms. The summed E-state index contributed by atoms with van der Waals surface area (Å²) < 4.78 is 1.78. The van der Waals surface area contributed by atoms with Crippen LogP contribution in [-0.4, -0.2) is 23.3 Å². The number of anilines is 1. The Kier molecular flexibility index (Phi) is 3.22. The van der Waals surface area contributed by atoms with E-state index in [9.17, 15) is 0 Å². The third-order valence-corrected chi connectivity index (χ3v) is 3.31. The minimum atomic E-state index is 0.628. The Morgan fingerprint density at radius 2 is 1.89 bits per heavy atom. The fourth-order valence-electron chi connectivity index (χ4n) is 2.21. The van der Waals surface area contributed by atoms with Crippen LogP contribution in [0.1, 0.15) is 12.8 Å². The predicted molar refractivity (Wildman–Crippen MR) is 71.8 cm³/mol. The summed E-state index contributed by atoms with van der Waals surface area (Å²) in [6.07, 6.45) is 4.24. The Labute approximate surface area is 111 Å². The van der Waals surface area contributed by atoms with Crippen molar-refractivity contribution in [3.8, 4) is 0 Å². The first-order valence-corrected chi connectivity index (χ1v) is 6.49. The van der Waals surface area contributed by atoms with Crippen molar-refractivity contribution in [3.63, 3.8) is 0 Å². The summed E-state index contributed by atoms with van der Waals surface area (Å²) in [6, 6.07) is 8.19.